The average molecular weight is 380 g/mol. The Morgan fingerprint density at radius 1 is 0.917 bits per heavy atom. The first-order valence-electron chi connectivity index (χ1n) is 7.54. The number of phenolic OH excluding ortho intramolecular Hbond substituents is 1. The van der Waals surface area contributed by atoms with Gasteiger partial charge in [-0.3, -0.25) is 0 Å². The van der Waals surface area contributed by atoms with Crippen LogP contribution in [0.15, 0.2) is 71.6 Å². The molecule has 0 atom stereocenters. The summed E-state index contributed by atoms with van der Waals surface area (Å²) in [4.78, 5) is 8.85. The molecule has 0 radical (unpaired) electrons. The van der Waals surface area contributed by atoms with E-state index < -0.39 is 0 Å². The highest BCUT2D eigenvalue weighted by Crippen LogP contribution is 2.24. The number of imidazole rings is 1. The van der Waals surface area contributed by atoms with E-state index in [2.05, 4.69) is 48.7 Å². The molecule has 0 aliphatic heterocycles. The number of pyridine rings is 1. The maximum atomic E-state index is 9.40. The summed E-state index contributed by atoms with van der Waals surface area (Å²) in [6.07, 6.45) is 3.65. The second-order valence-electron chi connectivity index (χ2n) is 5.61. The van der Waals surface area contributed by atoms with Crippen molar-refractivity contribution in [3.05, 3.63) is 77.2 Å². The van der Waals surface area contributed by atoms with Gasteiger partial charge in [-0.2, -0.15) is 0 Å². The van der Waals surface area contributed by atoms with Crippen LogP contribution in [0.4, 0.5) is 0 Å². The standard InChI is InChI=1S/C19H14BrN3O/c20-16-5-3-14(4-6-16)15-9-18-19(21-10-15)22-12-23(18)11-13-1-7-17(24)8-2-13/h1-10,12,24H,11H2. The van der Waals surface area contributed by atoms with E-state index in [0.717, 1.165) is 32.3 Å². The molecule has 0 fully saturated rings. The van der Waals surface area contributed by atoms with Crippen molar-refractivity contribution in [3.8, 4) is 16.9 Å². The minimum absolute atomic E-state index is 0.272. The van der Waals surface area contributed by atoms with Gasteiger partial charge in [-0.05, 0) is 41.5 Å². The second kappa shape index (κ2) is 6.09. The Bertz CT molecular complexity index is 991. The van der Waals surface area contributed by atoms with E-state index in [0.29, 0.717) is 6.54 Å². The molecule has 0 amide bonds. The maximum Gasteiger partial charge on any atom is 0.177 e. The Morgan fingerprint density at radius 2 is 1.67 bits per heavy atom. The van der Waals surface area contributed by atoms with E-state index in [-0.39, 0.29) is 5.75 Å². The van der Waals surface area contributed by atoms with Gasteiger partial charge in [-0.15, -0.1) is 0 Å². The fraction of sp³-hybridized carbons (Fsp3) is 0.0526. The summed E-state index contributed by atoms with van der Waals surface area (Å²) in [5.41, 5.74) is 4.99. The predicted molar refractivity (Wildman–Crippen MR) is 97.9 cm³/mol. The number of nitrogens with zero attached hydrogens (tertiary/aromatic N) is 3. The fourth-order valence-electron chi connectivity index (χ4n) is 2.67. The Hall–Kier alpha value is -2.66. The molecule has 5 heteroatoms. The van der Waals surface area contributed by atoms with Crippen LogP contribution in [0.1, 0.15) is 5.56 Å². The van der Waals surface area contributed by atoms with Crippen LogP contribution in [0, 0.1) is 0 Å². The summed E-state index contributed by atoms with van der Waals surface area (Å²) in [5, 5.41) is 9.40. The Labute approximate surface area is 147 Å². The summed E-state index contributed by atoms with van der Waals surface area (Å²) in [6, 6.07) is 17.5. The van der Waals surface area contributed by atoms with Gasteiger partial charge in [-0.25, -0.2) is 9.97 Å². The van der Waals surface area contributed by atoms with Gasteiger partial charge < -0.3 is 9.67 Å². The number of halogens is 1. The molecule has 2 aromatic carbocycles. The van der Waals surface area contributed by atoms with Crippen molar-refractivity contribution in [2.24, 2.45) is 0 Å². The minimum atomic E-state index is 0.272. The Morgan fingerprint density at radius 3 is 2.42 bits per heavy atom. The number of hydrogen-bond acceptors (Lipinski definition) is 3. The van der Waals surface area contributed by atoms with Crippen LogP contribution in [-0.4, -0.2) is 19.6 Å². The van der Waals surface area contributed by atoms with Crippen LogP contribution >= 0.6 is 15.9 Å². The zero-order valence-corrected chi connectivity index (χ0v) is 14.3. The lowest BCUT2D eigenvalue weighted by molar-refractivity contribution is 0.475. The molecule has 2 heterocycles. The molecule has 2 aromatic heterocycles. The molecule has 4 nitrogen and oxygen atoms in total. The van der Waals surface area contributed by atoms with Gasteiger partial charge in [-0.1, -0.05) is 40.2 Å². The number of aromatic hydroxyl groups is 1. The van der Waals surface area contributed by atoms with Gasteiger partial charge in [0.15, 0.2) is 5.65 Å². The van der Waals surface area contributed by atoms with Crippen molar-refractivity contribution in [1.29, 1.82) is 0 Å². The van der Waals surface area contributed by atoms with Crippen molar-refractivity contribution in [2.45, 2.75) is 6.54 Å². The van der Waals surface area contributed by atoms with Crippen LogP contribution in [0.5, 0.6) is 5.75 Å². The molecule has 0 aliphatic carbocycles. The number of phenols is 1. The number of benzene rings is 2. The highest BCUT2D eigenvalue weighted by molar-refractivity contribution is 9.10. The fourth-order valence-corrected chi connectivity index (χ4v) is 2.93. The molecule has 4 rings (SSSR count). The first kappa shape index (κ1) is 14.9. The summed E-state index contributed by atoms with van der Waals surface area (Å²) < 4.78 is 3.12. The molecule has 4 aromatic rings. The van der Waals surface area contributed by atoms with Crippen LogP contribution in [0.25, 0.3) is 22.3 Å². The highest BCUT2D eigenvalue weighted by Gasteiger charge is 2.07. The topological polar surface area (TPSA) is 50.9 Å². The van der Waals surface area contributed by atoms with E-state index in [1.54, 1.807) is 18.5 Å². The third-order valence-electron chi connectivity index (χ3n) is 3.94. The average Bonchev–Trinajstić information content (AvgIpc) is 3.00. The molecule has 0 aliphatic rings. The molecule has 0 spiro atoms. The molecule has 118 valence electrons. The molecule has 1 N–H and O–H groups in total. The van der Waals surface area contributed by atoms with Crippen molar-refractivity contribution in [2.75, 3.05) is 0 Å². The minimum Gasteiger partial charge on any atom is -0.508 e. The van der Waals surface area contributed by atoms with Crippen LogP contribution in [0.3, 0.4) is 0 Å². The zero-order chi connectivity index (χ0) is 16.5. The summed E-state index contributed by atoms with van der Waals surface area (Å²) in [7, 11) is 0. The number of aromatic nitrogens is 3. The normalized spacial score (nSPS) is 11.0. The third kappa shape index (κ3) is 2.90. The molecule has 0 saturated heterocycles. The second-order valence-corrected chi connectivity index (χ2v) is 6.53. The van der Waals surface area contributed by atoms with Crippen LogP contribution in [-0.2, 0) is 6.54 Å². The lowest BCUT2D eigenvalue weighted by atomic mass is 10.1. The highest BCUT2D eigenvalue weighted by atomic mass is 79.9. The molecule has 0 unspecified atom stereocenters. The smallest absolute Gasteiger partial charge is 0.177 e. The number of hydrogen-bond donors (Lipinski definition) is 1. The van der Waals surface area contributed by atoms with Crippen molar-refractivity contribution in [1.82, 2.24) is 14.5 Å². The summed E-state index contributed by atoms with van der Waals surface area (Å²) >= 11 is 3.46. The maximum absolute atomic E-state index is 9.40. The first-order chi connectivity index (χ1) is 11.7. The first-order valence-corrected chi connectivity index (χ1v) is 8.33. The molecular weight excluding hydrogens is 366 g/mol. The number of rotatable bonds is 3. The van der Waals surface area contributed by atoms with Crippen molar-refractivity contribution >= 4 is 27.1 Å². The molecule has 0 saturated carbocycles. The predicted octanol–water partition coefficient (Wildman–Crippen LogP) is 4.61. The van der Waals surface area contributed by atoms with E-state index in [9.17, 15) is 5.11 Å². The van der Waals surface area contributed by atoms with Crippen molar-refractivity contribution < 1.29 is 5.11 Å². The van der Waals surface area contributed by atoms with Gasteiger partial charge in [0.05, 0.1) is 11.8 Å². The molecule has 24 heavy (non-hydrogen) atoms. The number of fused-ring (bicyclic) bond motifs is 1. The van der Waals surface area contributed by atoms with E-state index in [4.69, 9.17) is 0 Å². The largest absolute Gasteiger partial charge is 0.508 e. The lowest BCUT2D eigenvalue weighted by Gasteiger charge is -2.06. The van der Waals surface area contributed by atoms with Gasteiger partial charge >= 0.3 is 0 Å². The van der Waals surface area contributed by atoms with E-state index in [1.807, 2.05) is 30.5 Å². The lowest BCUT2D eigenvalue weighted by Crippen LogP contribution is -1.98. The quantitative estimate of drug-likeness (QED) is 0.565. The summed E-state index contributed by atoms with van der Waals surface area (Å²) in [5.74, 6) is 0.272. The summed E-state index contributed by atoms with van der Waals surface area (Å²) in [6.45, 7) is 0.683. The molecule has 0 bridgehead atoms. The Kier molecular flexibility index (Phi) is 3.78. The molecular formula is C19H14BrN3O. The van der Waals surface area contributed by atoms with Gasteiger partial charge in [0.25, 0.3) is 0 Å². The Balaban J connectivity index is 1.73. The monoisotopic (exact) mass is 379 g/mol. The van der Waals surface area contributed by atoms with Crippen LogP contribution < -0.4 is 0 Å². The zero-order valence-electron chi connectivity index (χ0n) is 12.7. The van der Waals surface area contributed by atoms with Gasteiger partial charge in [0, 0.05) is 22.8 Å². The van der Waals surface area contributed by atoms with Gasteiger partial charge in [0.1, 0.15) is 5.75 Å². The van der Waals surface area contributed by atoms with Crippen LogP contribution in [0.2, 0.25) is 0 Å². The van der Waals surface area contributed by atoms with Crippen molar-refractivity contribution in [3.63, 3.8) is 0 Å². The third-order valence-corrected chi connectivity index (χ3v) is 4.47. The van der Waals surface area contributed by atoms with Gasteiger partial charge in [0.2, 0.25) is 0 Å². The van der Waals surface area contributed by atoms with E-state index >= 15 is 0 Å². The SMILES string of the molecule is Oc1ccc(Cn2cnc3ncc(-c4ccc(Br)cc4)cc32)cc1. The van der Waals surface area contributed by atoms with E-state index in [1.165, 1.54) is 0 Å².